The molecule has 0 amide bonds. The lowest BCUT2D eigenvalue weighted by atomic mass is 9.96. The van der Waals surface area contributed by atoms with E-state index in [1.165, 1.54) is 0 Å². The third kappa shape index (κ3) is 4.51. The van der Waals surface area contributed by atoms with E-state index in [1.807, 2.05) is 6.92 Å². The van der Waals surface area contributed by atoms with Gasteiger partial charge in [-0.05, 0) is 26.2 Å². The van der Waals surface area contributed by atoms with E-state index < -0.39 is 0 Å². The van der Waals surface area contributed by atoms with Gasteiger partial charge in [-0.2, -0.15) is 15.0 Å². The Hall–Kier alpha value is -1.63. The zero-order valence-electron chi connectivity index (χ0n) is 12.2. The zero-order valence-corrected chi connectivity index (χ0v) is 12.2. The van der Waals surface area contributed by atoms with Crippen LogP contribution in [0.15, 0.2) is 0 Å². The lowest BCUT2D eigenvalue weighted by Crippen LogP contribution is -2.34. The van der Waals surface area contributed by atoms with E-state index in [1.54, 1.807) is 0 Å². The highest BCUT2D eigenvalue weighted by molar-refractivity contribution is 5.37. The molecule has 1 heterocycles. The Morgan fingerprint density at radius 2 is 1.74 bits per heavy atom. The Morgan fingerprint density at radius 3 is 2.26 bits per heavy atom. The van der Waals surface area contributed by atoms with Crippen molar-refractivity contribution < 1.29 is 4.74 Å². The van der Waals surface area contributed by atoms with Gasteiger partial charge in [-0.15, -0.1) is 0 Å². The van der Waals surface area contributed by atoms with Crippen LogP contribution in [0.25, 0.3) is 0 Å². The molecule has 19 heavy (non-hydrogen) atoms. The fraction of sp³-hybridized carbons (Fsp3) is 0.750. The molecule has 0 aromatic carbocycles. The number of hydrogen-bond donors (Lipinski definition) is 3. The standard InChI is InChI=1S/C12H24N6O/c1-5-8-19-11-15-9(14-10(16-11)18-13)17-12(4,6-2)7-3/h5-8,13H2,1-4H3,(H2,14,15,16,17,18). The molecule has 0 spiro atoms. The van der Waals surface area contributed by atoms with E-state index >= 15 is 0 Å². The van der Waals surface area contributed by atoms with Gasteiger partial charge in [0, 0.05) is 5.54 Å². The molecule has 0 saturated heterocycles. The first-order valence-electron chi connectivity index (χ1n) is 6.70. The number of anilines is 2. The van der Waals surface area contributed by atoms with Gasteiger partial charge in [0.2, 0.25) is 11.9 Å². The van der Waals surface area contributed by atoms with E-state index in [4.69, 9.17) is 10.6 Å². The molecule has 0 aliphatic rings. The molecule has 1 rings (SSSR count). The Balaban J connectivity index is 2.92. The second kappa shape index (κ2) is 7.08. The summed E-state index contributed by atoms with van der Waals surface area (Å²) in [4.78, 5) is 12.5. The van der Waals surface area contributed by atoms with Gasteiger partial charge in [0.25, 0.3) is 0 Å². The second-order valence-corrected chi connectivity index (χ2v) is 4.65. The molecule has 1 aromatic rings. The molecule has 0 bridgehead atoms. The second-order valence-electron chi connectivity index (χ2n) is 4.65. The van der Waals surface area contributed by atoms with Crippen LogP contribution in [-0.2, 0) is 0 Å². The maximum atomic E-state index is 5.42. The number of nitrogens with two attached hydrogens (primary N) is 1. The molecule has 0 unspecified atom stereocenters. The van der Waals surface area contributed by atoms with Gasteiger partial charge >= 0.3 is 6.01 Å². The number of hydrazine groups is 1. The SMILES string of the molecule is CCCOc1nc(NN)nc(NC(C)(CC)CC)n1. The Morgan fingerprint density at radius 1 is 1.11 bits per heavy atom. The van der Waals surface area contributed by atoms with Gasteiger partial charge in [0.05, 0.1) is 6.61 Å². The normalized spacial score (nSPS) is 11.2. The monoisotopic (exact) mass is 268 g/mol. The minimum atomic E-state index is -0.0603. The maximum absolute atomic E-state index is 5.42. The Labute approximate surface area is 114 Å². The topological polar surface area (TPSA) is 98.0 Å². The summed E-state index contributed by atoms with van der Waals surface area (Å²) in [6.45, 7) is 8.95. The van der Waals surface area contributed by atoms with Crippen LogP contribution in [0.2, 0.25) is 0 Å². The van der Waals surface area contributed by atoms with Crippen LogP contribution in [0, 0.1) is 0 Å². The lowest BCUT2D eigenvalue weighted by Gasteiger charge is -2.28. The van der Waals surface area contributed by atoms with Gasteiger partial charge in [-0.25, -0.2) is 5.84 Å². The van der Waals surface area contributed by atoms with E-state index in [9.17, 15) is 0 Å². The third-order valence-electron chi connectivity index (χ3n) is 3.15. The Kier molecular flexibility index (Phi) is 5.75. The van der Waals surface area contributed by atoms with E-state index in [0.29, 0.717) is 12.6 Å². The van der Waals surface area contributed by atoms with Crippen molar-refractivity contribution in [2.45, 2.75) is 52.5 Å². The van der Waals surface area contributed by atoms with E-state index in [0.717, 1.165) is 19.3 Å². The quantitative estimate of drug-likeness (QED) is 0.489. The summed E-state index contributed by atoms with van der Waals surface area (Å²) in [5, 5.41) is 3.31. The van der Waals surface area contributed by atoms with Crippen LogP contribution in [0.1, 0.15) is 47.0 Å². The molecule has 0 fully saturated rings. The predicted octanol–water partition coefficient (Wildman–Crippen LogP) is 1.94. The maximum Gasteiger partial charge on any atom is 0.323 e. The number of ether oxygens (including phenoxy) is 1. The Bertz CT molecular complexity index is 394. The van der Waals surface area contributed by atoms with Crippen molar-refractivity contribution in [3.05, 3.63) is 0 Å². The average molecular weight is 268 g/mol. The molecular formula is C12H24N6O. The number of hydrogen-bond acceptors (Lipinski definition) is 7. The molecule has 0 radical (unpaired) electrons. The van der Waals surface area contributed by atoms with Gasteiger partial charge < -0.3 is 10.1 Å². The van der Waals surface area contributed by atoms with Gasteiger partial charge in [0.15, 0.2) is 0 Å². The van der Waals surface area contributed by atoms with E-state index in [2.05, 4.69) is 46.5 Å². The van der Waals surface area contributed by atoms with Crippen molar-refractivity contribution >= 4 is 11.9 Å². The summed E-state index contributed by atoms with van der Waals surface area (Å²) in [5.74, 6) is 6.12. The van der Waals surface area contributed by atoms with Crippen LogP contribution in [-0.4, -0.2) is 27.1 Å². The molecule has 0 saturated carbocycles. The van der Waals surface area contributed by atoms with Crippen molar-refractivity contribution in [3.63, 3.8) is 0 Å². The van der Waals surface area contributed by atoms with Gasteiger partial charge in [-0.3, -0.25) is 5.43 Å². The largest absolute Gasteiger partial charge is 0.463 e. The summed E-state index contributed by atoms with van der Waals surface area (Å²) in [7, 11) is 0. The van der Waals surface area contributed by atoms with Crippen LogP contribution < -0.4 is 21.3 Å². The summed E-state index contributed by atoms with van der Waals surface area (Å²) < 4.78 is 5.42. The van der Waals surface area contributed by atoms with Crippen molar-refractivity contribution in [2.24, 2.45) is 5.84 Å². The van der Waals surface area contributed by atoms with E-state index in [-0.39, 0.29) is 17.5 Å². The molecule has 108 valence electrons. The van der Waals surface area contributed by atoms with Crippen molar-refractivity contribution in [1.82, 2.24) is 15.0 Å². The van der Waals surface area contributed by atoms with Crippen LogP contribution in [0.3, 0.4) is 0 Å². The number of nitrogens with zero attached hydrogens (tertiary/aromatic N) is 3. The van der Waals surface area contributed by atoms with Gasteiger partial charge in [0.1, 0.15) is 0 Å². The minimum absolute atomic E-state index is 0.0603. The molecule has 0 atom stereocenters. The third-order valence-corrected chi connectivity index (χ3v) is 3.15. The van der Waals surface area contributed by atoms with Crippen LogP contribution in [0.4, 0.5) is 11.9 Å². The zero-order chi connectivity index (χ0) is 14.3. The number of nitrogen functional groups attached to an aromatic ring is 1. The molecule has 0 aliphatic carbocycles. The van der Waals surface area contributed by atoms with Crippen molar-refractivity contribution in [1.29, 1.82) is 0 Å². The average Bonchev–Trinajstić information content (AvgIpc) is 2.44. The number of aromatic nitrogens is 3. The summed E-state index contributed by atoms with van der Waals surface area (Å²) in [6, 6.07) is 0.279. The van der Waals surface area contributed by atoms with Crippen molar-refractivity contribution in [2.75, 3.05) is 17.3 Å². The summed E-state index contributed by atoms with van der Waals surface area (Å²) in [6.07, 6.45) is 2.82. The predicted molar refractivity (Wildman–Crippen MR) is 76.0 cm³/mol. The fourth-order valence-corrected chi connectivity index (χ4v) is 1.43. The van der Waals surface area contributed by atoms with Crippen LogP contribution in [0.5, 0.6) is 6.01 Å². The molecule has 7 nitrogen and oxygen atoms in total. The summed E-state index contributed by atoms with van der Waals surface area (Å²) >= 11 is 0. The minimum Gasteiger partial charge on any atom is -0.463 e. The molecular weight excluding hydrogens is 244 g/mol. The highest BCUT2D eigenvalue weighted by atomic mass is 16.5. The number of nitrogens with one attached hydrogen (secondary N) is 2. The molecule has 4 N–H and O–H groups in total. The summed E-state index contributed by atoms with van der Waals surface area (Å²) in [5.41, 5.74) is 2.36. The first kappa shape index (κ1) is 15.4. The molecule has 0 aliphatic heterocycles. The first-order valence-corrected chi connectivity index (χ1v) is 6.70. The first-order chi connectivity index (χ1) is 9.06. The molecule has 1 aromatic heterocycles. The molecule has 7 heteroatoms. The highest BCUT2D eigenvalue weighted by Crippen LogP contribution is 2.20. The smallest absolute Gasteiger partial charge is 0.323 e. The van der Waals surface area contributed by atoms with Gasteiger partial charge in [-0.1, -0.05) is 20.8 Å². The fourth-order valence-electron chi connectivity index (χ4n) is 1.43. The van der Waals surface area contributed by atoms with Crippen LogP contribution >= 0.6 is 0 Å². The van der Waals surface area contributed by atoms with Crippen molar-refractivity contribution in [3.8, 4) is 6.01 Å². The highest BCUT2D eigenvalue weighted by Gasteiger charge is 2.21. The number of rotatable bonds is 8. The lowest BCUT2D eigenvalue weighted by molar-refractivity contribution is 0.292.